The molecule has 1 fully saturated rings. The molecule has 0 unspecified atom stereocenters. The molecule has 0 aliphatic carbocycles. The number of hydrogen-bond donors (Lipinski definition) is 1. The Balaban J connectivity index is 1.35. The van der Waals surface area contributed by atoms with E-state index >= 15 is 0 Å². The van der Waals surface area contributed by atoms with Crippen molar-refractivity contribution in [1.29, 1.82) is 0 Å². The van der Waals surface area contributed by atoms with E-state index in [1.54, 1.807) is 9.58 Å². The van der Waals surface area contributed by atoms with Crippen molar-refractivity contribution in [2.45, 2.75) is 20.0 Å². The van der Waals surface area contributed by atoms with E-state index in [0.717, 1.165) is 27.9 Å². The van der Waals surface area contributed by atoms with Gasteiger partial charge in [0.2, 0.25) is 0 Å². The van der Waals surface area contributed by atoms with Gasteiger partial charge in [0.25, 0.3) is 0 Å². The van der Waals surface area contributed by atoms with Crippen molar-refractivity contribution >= 4 is 22.8 Å². The lowest BCUT2D eigenvalue weighted by Crippen LogP contribution is -2.57. The van der Waals surface area contributed by atoms with Crippen LogP contribution >= 0.6 is 0 Å². The van der Waals surface area contributed by atoms with Crippen LogP contribution < -0.4 is 10.1 Å². The number of aryl methyl sites for hydroxylation is 3. The van der Waals surface area contributed by atoms with Gasteiger partial charge in [-0.2, -0.15) is 0 Å². The standard InChI is InChI=1S/C19H21N5O2/c1-12-5-4-6-13(2)18(12)26-15-10-24(11-15)19(25)20-14-7-8-17-16(9-14)21-22-23(17)3/h4-9,15H,10-11H2,1-3H3,(H,20,25). The molecule has 0 atom stereocenters. The van der Waals surface area contributed by atoms with Crippen molar-refractivity contribution in [3.63, 3.8) is 0 Å². The lowest BCUT2D eigenvalue weighted by atomic mass is 10.1. The average molecular weight is 351 g/mol. The third kappa shape index (κ3) is 2.96. The number of para-hydroxylation sites is 1. The lowest BCUT2D eigenvalue weighted by Gasteiger charge is -2.39. The number of nitrogens with one attached hydrogen (secondary N) is 1. The van der Waals surface area contributed by atoms with Crippen LogP contribution in [0.3, 0.4) is 0 Å². The van der Waals surface area contributed by atoms with Gasteiger partial charge in [0.15, 0.2) is 0 Å². The van der Waals surface area contributed by atoms with Gasteiger partial charge in [0.1, 0.15) is 17.4 Å². The maximum absolute atomic E-state index is 12.4. The minimum atomic E-state index is -0.130. The molecule has 1 aliphatic rings. The topological polar surface area (TPSA) is 72.3 Å². The number of nitrogens with zero attached hydrogens (tertiary/aromatic N) is 4. The first-order valence-corrected chi connectivity index (χ1v) is 8.59. The average Bonchev–Trinajstić information content (AvgIpc) is 2.93. The van der Waals surface area contributed by atoms with Crippen molar-refractivity contribution in [3.8, 4) is 5.75 Å². The number of rotatable bonds is 3. The van der Waals surface area contributed by atoms with Crippen LogP contribution in [-0.2, 0) is 7.05 Å². The highest BCUT2D eigenvalue weighted by Gasteiger charge is 2.33. The summed E-state index contributed by atoms with van der Waals surface area (Å²) in [6.07, 6.45) is 0.0306. The molecule has 1 saturated heterocycles. The van der Waals surface area contributed by atoms with Gasteiger partial charge in [-0.15, -0.1) is 5.10 Å². The van der Waals surface area contributed by atoms with Crippen LogP contribution in [0.5, 0.6) is 5.75 Å². The SMILES string of the molecule is Cc1cccc(C)c1OC1CN(C(=O)Nc2ccc3c(c2)nnn3C)C1. The predicted molar refractivity (Wildman–Crippen MR) is 99.4 cm³/mol. The Morgan fingerprint density at radius 3 is 2.65 bits per heavy atom. The monoisotopic (exact) mass is 351 g/mol. The van der Waals surface area contributed by atoms with E-state index in [0.29, 0.717) is 18.8 Å². The molecule has 2 amide bonds. The van der Waals surface area contributed by atoms with Crippen LogP contribution in [0, 0.1) is 13.8 Å². The molecule has 1 N–H and O–H groups in total. The number of likely N-dealkylation sites (tertiary alicyclic amines) is 1. The molecule has 0 bridgehead atoms. The maximum Gasteiger partial charge on any atom is 0.322 e. The molecule has 0 saturated carbocycles. The van der Waals surface area contributed by atoms with Crippen molar-refractivity contribution < 1.29 is 9.53 Å². The Morgan fingerprint density at radius 2 is 1.92 bits per heavy atom. The second-order valence-electron chi connectivity index (χ2n) is 6.71. The Kier molecular flexibility index (Phi) is 3.99. The van der Waals surface area contributed by atoms with Crippen LogP contribution in [0.2, 0.25) is 0 Å². The zero-order valence-corrected chi connectivity index (χ0v) is 15.1. The number of carbonyl (C=O) groups excluding carboxylic acids is 1. The van der Waals surface area contributed by atoms with Gasteiger partial charge in [0, 0.05) is 12.7 Å². The summed E-state index contributed by atoms with van der Waals surface area (Å²) < 4.78 is 7.76. The van der Waals surface area contributed by atoms with Crippen LogP contribution in [-0.4, -0.2) is 45.1 Å². The fourth-order valence-electron chi connectivity index (χ4n) is 3.15. The molecule has 134 valence electrons. The molecule has 2 heterocycles. The number of amides is 2. The van der Waals surface area contributed by atoms with E-state index in [-0.39, 0.29) is 12.1 Å². The summed E-state index contributed by atoms with van der Waals surface area (Å²) in [5.41, 5.74) is 4.62. The molecule has 2 aromatic carbocycles. The smallest absolute Gasteiger partial charge is 0.322 e. The number of fused-ring (bicyclic) bond motifs is 1. The van der Waals surface area contributed by atoms with Crippen LogP contribution in [0.25, 0.3) is 11.0 Å². The molecule has 7 heteroatoms. The van der Waals surface area contributed by atoms with Crippen molar-refractivity contribution in [1.82, 2.24) is 19.9 Å². The zero-order chi connectivity index (χ0) is 18.3. The molecule has 26 heavy (non-hydrogen) atoms. The van der Waals surface area contributed by atoms with Gasteiger partial charge < -0.3 is 15.0 Å². The van der Waals surface area contributed by atoms with Gasteiger partial charge in [-0.3, -0.25) is 0 Å². The molecular weight excluding hydrogens is 330 g/mol. The van der Waals surface area contributed by atoms with Crippen LogP contribution in [0.4, 0.5) is 10.5 Å². The number of carbonyl (C=O) groups is 1. The Labute approximate surface area is 151 Å². The molecule has 0 radical (unpaired) electrons. The summed E-state index contributed by atoms with van der Waals surface area (Å²) in [7, 11) is 1.84. The van der Waals surface area contributed by atoms with Gasteiger partial charge >= 0.3 is 6.03 Å². The highest BCUT2D eigenvalue weighted by Crippen LogP contribution is 2.26. The first-order chi connectivity index (χ1) is 12.5. The van der Waals surface area contributed by atoms with E-state index in [1.165, 1.54) is 0 Å². The van der Waals surface area contributed by atoms with E-state index < -0.39 is 0 Å². The number of anilines is 1. The van der Waals surface area contributed by atoms with Gasteiger partial charge in [0.05, 0.1) is 18.6 Å². The lowest BCUT2D eigenvalue weighted by molar-refractivity contribution is 0.0483. The summed E-state index contributed by atoms with van der Waals surface area (Å²) in [5.74, 6) is 0.922. The molecule has 0 spiro atoms. The minimum absolute atomic E-state index is 0.0306. The third-order valence-corrected chi connectivity index (χ3v) is 4.69. The largest absolute Gasteiger partial charge is 0.486 e. The molecule has 1 aromatic heterocycles. The highest BCUT2D eigenvalue weighted by molar-refractivity contribution is 5.92. The first-order valence-electron chi connectivity index (χ1n) is 8.59. The number of aromatic nitrogens is 3. The predicted octanol–water partition coefficient (Wildman–Crippen LogP) is 2.88. The maximum atomic E-state index is 12.4. The molecule has 7 nitrogen and oxygen atoms in total. The van der Waals surface area contributed by atoms with E-state index in [4.69, 9.17) is 4.74 Å². The summed E-state index contributed by atoms with van der Waals surface area (Å²) in [6, 6.07) is 11.5. The van der Waals surface area contributed by atoms with Crippen molar-refractivity contribution in [3.05, 3.63) is 47.5 Å². The zero-order valence-electron chi connectivity index (χ0n) is 15.1. The number of ether oxygens (including phenoxy) is 1. The van der Waals surface area contributed by atoms with Crippen LogP contribution in [0.1, 0.15) is 11.1 Å². The number of urea groups is 1. The molecule has 1 aliphatic heterocycles. The number of hydrogen-bond acceptors (Lipinski definition) is 4. The summed E-state index contributed by atoms with van der Waals surface area (Å²) in [5, 5.41) is 10.9. The van der Waals surface area contributed by atoms with Crippen molar-refractivity contribution in [2.24, 2.45) is 7.05 Å². The van der Waals surface area contributed by atoms with E-state index in [1.807, 2.05) is 57.3 Å². The molecular formula is C19H21N5O2. The van der Waals surface area contributed by atoms with Gasteiger partial charge in [-0.1, -0.05) is 23.4 Å². The molecule has 3 aromatic rings. The third-order valence-electron chi connectivity index (χ3n) is 4.69. The normalized spacial score (nSPS) is 14.3. The van der Waals surface area contributed by atoms with Crippen molar-refractivity contribution in [2.75, 3.05) is 18.4 Å². The summed E-state index contributed by atoms with van der Waals surface area (Å²) in [4.78, 5) is 14.1. The minimum Gasteiger partial charge on any atom is -0.486 e. The quantitative estimate of drug-likeness (QED) is 0.787. The van der Waals surface area contributed by atoms with Gasteiger partial charge in [-0.25, -0.2) is 9.48 Å². The highest BCUT2D eigenvalue weighted by atomic mass is 16.5. The summed E-state index contributed by atoms with van der Waals surface area (Å²) >= 11 is 0. The fourth-order valence-corrected chi connectivity index (χ4v) is 3.15. The Hall–Kier alpha value is -3.09. The van der Waals surface area contributed by atoms with E-state index in [2.05, 4.69) is 15.6 Å². The Morgan fingerprint density at radius 1 is 1.19 bits per heavy atom. The van der Waals surface area contributed by atoms with Crippen LogP contribution in [0.15, 0.2) is 36.4 Å². The van der Waals surface area contributed by atoms with E-state index in [9.17, 15) is 4.79 Å². The second kappa shape index (κ2) is 6.33. The number of benzene rings is 2. The summed E-state index contributed by atoms with van der Waals surface area (Å²) in [6.45, 7) is 5.22. The fraction of sp³-hybridized carbons (Fsp3) is 0.316. The van der Waals surface area contributed by atoms with Gasteiger partial charge in [-0.05, 0) is 43.2 Å². The second-order valence-corrected chi connectivity index (χ2v) is 6.71. The first kappa shape index (κ1) is 16.4. The molecule has 4 rings (SSSR count). The Bertz CT molecular complexity index is 955.